The highest BCUT2D eigenvalue weighted by Gasteiger charge is 2.36. The van der Waals surface area contributed by atoms with Gasteiger partial charge in [-0.05, 0) is 52.1 Å². The highest BCUT2D eigenvalue weighted by Crippen LogP contribution is 2.32. The topological polar surface area (TPSA) is 15.3 Å². The van der Waals surface area contributed by atoms with Crippen molar-refractivity contribution in [1.29, 1.82) is 0 Å². The van der Waals surface area contributed by atoms with Crippen LogP contribution in [0.15, 0.2) is 0 Å². The van der Waals surface area contributed by atoms with Crippen LogP contribution in [0.25, 0.3) is 0 Å². The largest absolute Gasteiger partial charge is 0.319 e. The minimum Gasteiger partial charge on any atom is -0.319 e. The molecule has 0 spiro atoms. The van der Waals surface area contributed by atoms with E-state index in [1.807, 2.05) is 0 Å². The summed E-state index contributed by atoms with van der Waals surface area (Å²) in [5, 5.41) is 3.33. The van der Waals surface area contributed by atoms with Gasteiger partial charge >= 0.3 is 0 Å². The molecule has 1 aliphatic rings. The van der Waals surface area contributed by atoms with E-state index in [-0.39, 0.29) is 0 Å². The summed E-state index contributed by atoms with van der Waals surface area (Å²) < 4.78 is 0. The third-order valence-electron chi connectivity index (χ3n) is 4.10. The Labute approximate surface area is 95.4 Å². The highest BCUT2D eigenvalue weighted by atomic mass is 15.2. The minimum absolute atomic E-state index is 0.421. The van der Waals surface area contributed by atoms with Gasteiger partial charge in [-0.3, -0.25) is 4.90 Å². The van der Waals surface area contributed by atoms with E-state index in [0.29, 0.717) is 11.0 Å². The van der Waals surface area contributed by atoms with Crippen LogP contribution in [0.2, 0.25) is 0 Å². The fraction of sp³-hybridized carbons (Fsp3) is 1.00. The average Bonchev–Trinajstić information content (AvgIpc) is 2.46. The van der Waals surface area contributed by atoms with Crippen LogP contribution in [0.4, 0.5) is 0 Å². The zero-order valence-corrected chi connectivity index (χ0v) is 11.2. The molecule has 2 heteroatoms. The molecule has 0 bridgehead atoms. The van der Waals surface area contributed by atoms with Gasteiger partial charge < -0.3 is 5.32 Å². The second-order valence-corrected chi connectivity index (χ2v) is 6.03. The SMILES string of the molecule is CCC(C)(CNC)CN1CCCC1(C)C. The Balaban J connectivity index is 2.58. The first-order valence-corrected chi connectivity index (χ1v) is 6.33. The normalized spacial score (nSPS) is 25.4. The van der Waals surface area contributed by atoms with Crippen molar-refractivity contribution in [3.8, 4) is 0 Å². The molecule has 0 aromatic rings. The molecular weight excluding hydrogens is 184 g/mol. The number of hydrogen-bond donors (Lipinski definition) is 1. The molecule has 0 aliphatic carbocycles. The summed E-state index contributed by atoms with van der Waals surface area (Å²) >= 11 is 0. The smallest absolute Gasteiger partial charge is 0.0153 e. The highest BCUT2D eigenvalue weighted by molar-refractivity contribution is 4.91. The lowest BCUT2D eigenvalue weighted by Crippen LogP contribution is -2.47. The van der Waals surface area contributed by atoms with Crippen molar-refractivity contribution < 1.29 is 0 Å². The number of likely N-dealkylation sites (tertiary alicyclic amines) is 1. The van der Waals surface area contributed by atoms with Crippen LogP contribution in [0.1, 0.15) is 47.0 Å². The first-order valence-electron chi connectivity index (χ1n) is 6.33. The van der Waals surface area contributed by atoms with E-state index < -0.39 is 0 Å². The van der Waals surface area contributed by atoms with Crippen molar-refractivity contribution in [3.05, 3.63) is 0 Å². The van der Waals surface area contributed by atoms with Gasteiger partial charge in [0, 0.05) is 18.6 Å². The van der Waals surface area contributed by atoms with Gasteiger partial charge in [0.15, 0.2) is 0 Å². The van der Waals surface area contributed by atoms with Gasteiger partial charge in [-0.2, -0.15) is 0 Å². The van der Waals surface area contributed by atoms with Gasteiger partial charge in [0.2, 0.25) is 0 Å². The van der Waals surface area contributed by atoms with E-state index >= 15 is 0 Å². The summed E-state index contributed by atoms with van der Waals surface area (Å²) in [6.45, 7) is 13.1. The summed E-state index contributed by atoms with van der Waals surface area (Å²) in [4.78, 5) is 2.67. The molecule has 0 radical (unpaired) electrons. The maximum Gasteiger partial charge on any atom is 0.0153 e. The summed E-state index contributed by atoms with van der Waals surface area (Å²) in [6.07, 6.45) is 3.97. The van der Waals surface area contributed by atoms with Gasteiger partial charge in [-0.25, -0.2) is 0 Å². The van der Waals surface area contributed by atoms with Gasteiger partial charge in [-0.15, -0.1) is 0 Å². The first-order chi connectivity index (χ1) is 6.93. The maximum absolute atomic E-state index is 3.33. The zero-order valence-electron chi connectivity index (χ0n) is 11.2. The maximum atomic E-state index is 3.33. The Morgan fingerprint density at radius 1 is 1.40 bits per heavy atom. The molecule has 15 heavy (non-hydrogen) atoms. The zero-order chi connectivity index (χ0) is 11.5. The number of nitrogens with one attached hydrogen (secondary N) is 1. The predicted octanol–water partition coefficient (Wildman–Crippen LogP) is 2.50. The summed E-state index contributed by atoms with van der Waals surface area (Å²) in [6, 6.07) is 0. The molecule has 1 atom stereocenters. The molecule has 1 aliphatic heterocycles. The van der Waals surface area contributed by atoms with E-state index in [1.54, 1.807) is 0 Å². The number of hydrogen-bond acceptors (Lipinski definition) is 2. The monoisotopic (exact) mass is 212 g/mol. The Morgan fingerprint density at radius 2 is 2.07 bits per heavy atom. The van der Waals surface area contributed by atoms with Gasteiger partial charge in [0.25, 0.3) is 0 Å². The molecule has 0 saturated carbocycles. The van der Waals surface area contributed by atoms with Gasteiger partial charge in [0.1, 0.15) is 0 Å². The molecule has 0 aromatic heterocycles. The minimum atomic E-state index is 0.421. The Bertz CT molecular complexity index is 201. The second kappa shape index (κ2) is 4.84. The molecule has 0 aromatic carbocycles. The van der Waals surface area contributed by atoms with Crippen molar-refractivity contribution in [2.75, 3.05) is 26.7 Å². The lowest BCUT2D eigenvalue weighted by Gasteiger charge is -2.39. The standard InChI is InChI=1S/C13H28N2/c1-6-13(4,10-14-5)11-15-9-7-8-12(15,2)3/h14H,6-11H2,1-5H3. The van der Waals surface area contributed by atoms with Crippen LogP contribution in [0.5, 0.6) is 0 Å². The lowest BCUT2D eigenvalue weighted by atomic mass is 9.85. The number of nitrogens with zero attached hydrogens (tertiary/aromatic N) is 1. The van der Waals surface area contributed by atoms with Crippen molar-refractivity contribution >= 4 is 0 Å². The molecule has 1 unspecified atom stereocenters. The number of rotatable bonds is 5. The van der Waals surface area contributed by atoms with Crippen molar-refractivity contribution in [2.45, 2.75) is 52.5 Å². The van der Waals surface area contributed by atoms with Crippen molar-refractivity contribution in [2.24, 2.45) is 5.41 Å². The Hall–Kier alpha value is -0.0800. The quantitative estimate of drug-likeness (QED) is 0.753. The third-order valence-corrected chi connectivity index (χ3v) is 4.10. The van der Waals surface area contributed by atoms with E-state index in [9.17, 15) is 0 Å². The van der Waals surface area contributed by atoms with Gasteiger partial charge in [-0.1, -0.05) is 13.8 Å². The van der Waals surface area contributed by atoms with E-state index in [4.69, 9.17) is 0 Å². The predicted molar refractivity (Wildman–Crippen MR) is 67.2 cm³/mol. The molecule has 1 saturated heterocycles. The molecule has 2 nitrogen and oxygen atoms in total. The Morgan fingerprint density at radius 3 is 2.47 bits per heavy atom. The van der Waals surface area contributed by atoms with Crippen LogP contribution >= 0.6 is 0 Å². The van der Waals surface area contributed by atoms with Crippen LogP contribution in [-0.2, 0) is 0 Å². The van der Waals surface area contributed by atoms with Crippen molar-refractivity contribution in [3.63, 3.8) is 0 Å². The molecule has 1 heterocycles. The van der Waals surface area contributed by atoms with Crippen LogP contribution < -0.4 is 5.32 Å². The third kappa shape index (κ3) is 3.18. The summed E-state index contributed by atoms with van der Waals surface area (Å²) in [7, 11) is 2.06. The van der Waals surface area contributed by atoms with E-state index in [1.165, 1.54) is 32.4 Å². The van der Waals surface area contributed by atoms with Crippen LogP contribution in [-0.4, -0.2) is 37.1 Å². The van der Waals surface area contributed by atoms with Crippen molar-refractivity contribution in [1.82, 2.24) is 10.2 Å². The Kier molecular flexibility index (Phi) is 4.19. The van der Waals surface area contributed by atoms with Crippen LogP contribution in [0, 0.1) is 5.41 Å². The van der Waals surface area contributed by atoms with E-state index in [2.05, 4.69) is 45.0 Å². The van der Waals surface area contributed by atoms with E-state index in [0.717, 1.165) is 6.54 Å². The fourth-order valence-electron chi connectivity index (χ4n) is 2.64. The average molecular weight is 212 g/mol. The summed E-state index contributed by atoms with van der Waals surface area (Å²) in [5.41, 5.74) is 0.848. The molecule has 90 valence electrons. The van der Waals surface area contributed by atoms with Crippen LogP contribution in [0.3, 0.4) is 0 Å². The molecule has 1 fully saturated rings. The molecule has 0 amide bonds. The van der Waals surface area contributed by atoms with Gasteiger partial charge in [0.05, 0.1) is 0 Å². The molecule has 1 N–H and O–H groups in total. The molecular formula is C13H28N2. The second-order valence-electron chi connectivity index (χ2n) is 6.03. The first kappa shape index (κ1) is 13.0. The fourth-order valence-corrected chi connectivity index (χ4v) is 2.64. The summed E-state index contributed by atoms with van der Waals surface area (Å²) in [5.74, 6) is 0. The lowest BCUT2D eigenvalue weighted by molar-refractivity contribution is 0.101. The molecule has 1 rings (SSSR count).